The van der Waals surface area contributed by atoms with Crippen LogP contribution in [-0.4, -0.2) is 12.1 Å². The van der Waals surface area contributed by atoms with Gasteiger partial charge in [0.05, 0.1) is 5.92 Å². The monoisotopic (exact) mass is 152 g/mol. The van der Waals surface area contributed by atoms with Crippen LogP contribution in [0.15, 0.2) is 0 Å². The third-order valence-electron chi connectivity index (χ3n) is 3.71. The van der Waals surface area contributed by atoms with E-state index in [0.717, 1.165) is 24.7 Å². The van der Waals surface area contributed by atoms with Crippen LogP contribution in [0.5, 0.6) is 0 Å². The number of hydrogen-bond acceptors (Lipinski definition) is 2. The molecule has 0 N–H and O–H groups in total. The number of hydrogen-bond donors (Lipinski definition) is 0. The molecule has 2 heteroatoms. The van der Waals surface area contributed by atoms with E-state index in [4.69, 9.17) is 4.74 Å². The highest BCUT2D eigenvalue weighted by Crippen LogP contribution is 2.53. The van der Waals surface area contributed by atoms with Crippen LogP contribution < -0.4 is 0 Å². The van der Waals surface area contributed by atoms with Gasteiger partial charge in [0.15, 0.2) is 0 Å². The molecule has 2 saturated heterocycles. The van der Waals surface area contributed by atoms with E-state index in [2.05, 4.69) is 0 Å². The Hall–Kier alpha value is -0.530. The SMILES string of the molecule is O=C1O[C@H]2CC[C@@H]1[C@@H]1CC[C@@H]12. The quantitative estimate of drug-likeness (QED) is 0.490. The van der Waals surface area contributed by atoms with Gasteiger partial charge < -0.3 is 4.74 Å². The minimum Gasteiger partial charge on any atom is -0.462 e. The van der Waals surface area contributed by atoms with Gasteiger partial charge in [-0.1, -0.05) is 0 Å². The van der Waals surface area contributed by atoms with E-state index in [9.17, 15) is 4.79 Å². The molecule has 4 rings (SSSR count). The minimum absolute atomic E-state index is 0.0993. The molecular formula is C9H12O2. The van der Waals surface area contributed by atoms with E-state index in [1.165, 1.54) is 12.8 Å². The Bertz CT molecular complexity index is 210. The second-order valence-electron chi connectivity index (χ2n) is 4.06. The van der Waals surface area contributed by atoms with Crippen molar-refractivity contribution in [1.29, 1.82) is 0 Å². The maximum Gasteiger partial charge on any atom is 0.309 e. The van der Waals surface area contributed by atoms with Crippen molar-refractivity contribution in [2.75, 3.05) is 0 Å². The first-order valence-electron chi connectivity index (χ1n) is 4.57. The molecule has 4 aliphatic rings. The summed E-state index contributed by atoms with van der Waals surface area (Å²) in [4.78, 5) is 11.2. The molecule has 4 atom stereocenters. The summed E-state index contributed by atoms with van der Waals surface area (Å²) in [6, 6.07) is 0. The van der Waals surface area contributed by atoms with Gasteiger partial charge in [0.25, 0.3) is 0 Å². The number of rotatable bonds is 0. The van der Waals surface area contributed by atoms with Crippen molar-refractivity contribution in [2.45, 2.75) is 31.8 Å². The van der Waals surface area contributed by atoms with Crippen LogP contribution in [0.1, 0.15) is 25.7 Å². The van der Waals surface area contributed by atoms with Crippen molar-refractivity contribution in [3.05, 3.63) is 0 Å². The highest BCUT2D eigenvalue weighted by Gasteiger charge is 2.53. The first kappa shape index (κ1) is 6.04. The highest BCUT2D eigenvalue weighted by molar-refractivity contribution is 5.75. The summed E-state index contributed by atoms with van der Waals surface area (Å²) in [5.41, 5.74) is 0. The summed E-state index contributed by atoms with van der Waals surface area (Å²) >= 11 is 0. The van der Waals surface area contributed by atoms with E-state index in [1.807, 2.05) is 0 Å². The Morgan fingerprint density at radius 2 is 1.91 bits per heavy atom. The van der Waals surface area contributed by atoms with Crippen molar-refractivity contribution in [1.82, 2.24) is 0 Å². The molecule has 0 amide bonds. The molecule has 2 heterocycles. The number of ether oxygens (including phenoxy) is 1. The fourth-order valence-corrected chi connectivity index (χ4v) is 2.96. The molecule has 2 nitrogen and oxygen atoms in total. The van der Waals surface area contributed by atoms with Gasteiger partial charge in [-0.15, -0.1) is 0 Å². The van der Waals surface area contributed by atoms with Crippen LogP contribution in [0.3, 0.4) is 0 Å². The Labute approximate surface area is 65.9 Å². The standard InChI is InChI=1S/C9H12O2/c10-9-7-3-4-8(11-9)6-2-1-5(6)7/h5-8H,1-4H2/t5-,6+,7-,8+/m1/s1. The molecule has 11 heavy (non-hydrogen) atoms. The molecule has 2 saturated carbocycles. The second kappa shape index (κ2) is 1.79. The normalized spacial score (nSPS) is 52.9. The Morgan fingerprint density at radius 3 is 2.36 bits per heavy atom. The first-order chi connectivity index (χ1) is 5.36. The van der Waals surface area contributed by atoms with Gasteiger partial charge in [-0.05, 0) is 37.5 Å². The zero-order valence-electron chi connectivity index (χ0n) is 6.45. The van der Waals surface area contributed by atoms with Crippen LogP contribution in [0.25, 0.3) is 0 Å². The van der Waals surface area contributed by atoms with E-state index in [-0.39, 0.29) is 5.97 Å². The van der Waals surface area contributed by atoms with Crippen LogP contribution in [0.2, 0.25) is 0 Å². The van der Waals surface area contributed by atoms with Gasteiger partial charge in [0.1, 0.15) is 6.10 Å². The van der Waals surface area contributed by atoms with Gasteiger partial charge in [0.2, 0.25) is 0 Å². The van der Waals surface area contributed by atoms with Crippen molar-refractivity contribution < 1.29 is 9.53 Å². The minimum atomic E-state index is 0.0993. The lowest BCUT2D eigenvalue weighted by molar-refractivity contribution is -0.197. The van der Waals surface area contributed by atoms with E-state index >= 15 is 0 Å². The van der Waals surface area contributed by atoms with Crippen molar-refractivity contribution in [3.63, 3.8) is 0 Å². The predicted octanol–water partition coefficient (Wildman–Crippen LogP) is 1.35. The molecule has 0 aromatic heterocycles. The van der Waals surface area contributed by atoms with Gasteiger partial charge in [-0.3, -0.25) is 4.79 Å². The molecule has 2 aliphatic heterocycles. The van der Waals surface area contributed by atoms with E-state index in [0.29, 0.717) is 12.0 Å². The molecule has 0 aromatic rings. The number of fused-ring (bicyclic) bond motifs is 2. The maximum atomic E-state index is 11.2. The third kappa shape index (κ3) is 0.608. The lowest BCUT2D eigenvalue weighted by Gasteiger charge is -2.53. The Kier molecular flexibility index (Phi) is 0.984. The molecule has 2 aliphatic carbocycles. The van der Waals surface area contributed by atoms with Crippen molar-refractivity contribution in [2.24, 2.45) is 17.8 Å². The maximum absolute atomic E-state index is 11.2. The molecule has 0 spiro atoms. The fraction of sp³-hybridized carbons (Fsp3) is 0.889. The van der Waals surface area contributed by atoms with Crippen LogP contribution >= 0.6 is 0 Å². The van der Waals surface area contributed by atoms with Crippen molar-refractivity contribution >= 4 is 5.97 Å². The van der Waals surface area contributed by atoms with Gasteiger partial charge in [-0.25, -0.2) is 0 Å². The summed E-state index contributed by atoms with van der Waals surface area (Å²) in [6.45, 7) is 0. The molecule has 0 radical (unpaired) electrons. The van der Waals surface area contributed by atoms with Crippen molar-refractivity contribution in [3.8, 4) is 0 Å². The fourth-order valence-electron chi connectivity index (χ4n) is 2.96. The molecule has 2 bridgehead atoms. The molecule has 4 fully saturated rings. The highest BCUT2D eigenvalue weighted by atomic mass is 16.5. The average molecular weight is 152 g/mol. The molecule has 60 valence electrons. The Balaban J connectivity index is 1.94. The summed E-state index contributed by atoms with van der Waals surface area (Å²) in [5, 5.41) is 0. The topological polar surface area (TPSA) is 26.3 Å². The zero-order valence-corrected chi connectivity index (χ0v) is 6.45. The summed E-state index contributed by atoms with van der Waals surface area (Å²) in [7, 11) is 0. The zero-order chi connectivity index (χ0) is 7.42. The van der Waals surface area contributed by atoms with Gasteiger partial charge in [0, 0.05) is 0 Å². The largest absolute Gasteiger partial charge is 0.462 e. The lowest BCUT2D eigenvalue weighted by atomic mass is 9.57. The lowest BCUT2D eigenvalue weighted by Crippen LogP contribution is -2.54. The number of esters is 1. The van der Waals surface area contributed by atoms with Gasteiger partial charge >= 0.3 is 5.97 Å². The third-order valence-corrected chi connectivity index (χ3v) is 3.71. The van der Waals surface area contributed by atoms with Crippen LogP contribution in [0.4, 0.5) is 0 Å². The van der Waals surface area contributed by atoms with E-state index in [1.54, 1.807) is 0 Å². The van der Waals surface area contributed by atoms with Gasteiger partial charge in [-0.2, -0.15) is 0 Å². The molecule has 0 unspecified atom stereocenters. The van der Waals surface area contributed by atoms with E-state index < -0.39 is 0 Å². The number of carbonyl (C=O) groups excluding carboxylic acids is 1. The summed E-state index contributed by atoms with van der Waals surface area (Å²) < 4.78 is 5.28. The Morgan fingerprint density at radius 1 is 1.09 bits per heavy atom. The predicted molar refractivity (Wildman–Crippen MR) is 38.8 cm³/mol. The number of carbonyl (C=O) groups is 1. The average Bonchev–Trinajstić information content (AvgIpc) is 1.89. The smallest absolute Gasteiger partial charge is 0.309 e. The first-order valence-corrected chi connectivity index (χ1v) is 4.57. The van der Waals surface area contributed by atoms with Crippen LogP contribution in [-0.2, 0) is 9.53 Å². The summed E-state index contributed by atoms with van der Waals surface area (Å²) in [5.74, 6) is 1.86. The second-order valence-corrected chi connectivity index (χ2v) is 4.06. The summed E-state index contributed by atoms with van der Waals surface area (Å²) in [6.07, 6.45) is 5.13. The molecular weight excluding hydrogens is 140 g/mol. The molecule has 0 aromatic carbocycles. The van der Waals surface area contributed by atoms with Crippen LogP contribution in [0, 0.1) is 17.8 Å².